The molecule has 7 rings (SSSR count). The molecule has 3 aliphatic rings. The van der Waals surface area contributed by atoms with E-state index in [1.165, 1.54) is 12.7 Å². The minimum absolute atomic E-state index is 0.0248. The fourth-order valence-corrected chi connectivity index (χ4v) is 6.63. The van der Waals surface area contributed by atoms with Crippen molar-refractivity contribution in [3.8, 4) is 11.5 Å². The third-order valence-corrected chi connectivity index (χ3v) is 8.86. The van der Waals surface area contributed by atoms with Gasteiger partial charge in [-0.15, -0.1) is 11.6 Å². The first kappa shape index (κ1) is 26.3. The fraction of sp³-hybridized carbons (Fsp3) is 0.242. The first-order valence-electron chi connectivity index (χ1n) is 13.9. The summed E-state index contributed by atoms with van der Waals surface area (Å²) in [5.41, 5.74) is 12.0. The number of aliphatic imine (C=N–C) groups is 1. The SMILES string of the molecule is COc1cc2c(cc1OCC(=O)N1C[C@@H](CCl)c3c1cc(N)c1ccccc31)N=C[C@@H]1Cc3ccccc3CN1C2=O. The smallest absolute Gasteiger partial charge is 0.264 e. The van der Waals surface area contributed by atoms with Gasteiger partial charge < -0.3 is 25.0 Å². The molecule has 0 saturated carbocycles. The Morgan fingerprint density at radius 3 is 2.60 bits per heavy atom. The van der Waals surface area contributed by atoms with Gasteiger partial charge in [0, 0.05) is 48.2 Å². The zero-order chi connectivity index (χ0) is 29.0. The Hall–Kier alpha value is -4.56. The monoisotopic (exact) mass is 580 g/mol. The number of methoxy groups -OCH3 is 1. The molecular weight excluding hydrogens is 552 g/mol. The number of rotatable bonds is 5. The predicted octanol–water partition coefficient (Wildman–Crippen LogP) is 5.46. The summed E-state index contributed by atoms with van der Waals surface area (Å²) in [7, 11) is 1.51. The molecule has 9 heteroatoms. The van der Waals surface area contributed by atoms with Gasteiger partial charge in [0.05, 0.1) is 30.1 Å². The van der Waals surface area contributed by atoms with E-state index in [-0.39, 0.29) is 30.4 Å². The van der Waals surface area contributed by atoms with Gasteiger partial charge in [-0.3, -0.25) is 14.6 Å². The number of carbonyl (C=O) groups excluding carboxylic acids is 2. The van der Waals surface area contributed by atoms with Crippen molar-refractivity contribution in [3.63, 3.8) is 0 Å². The molecule has 0 aliphatic carbocycles. The van der Waals surface area contributed by atoms with Gasteiger partial charge in [-0.1, -0.05) is 48.5 Å². The van der Waals surface area contributed by atoms with Crippen LogP contribution in [0.15, 0.2) is 71.7 Å². The number of amides is 2. The van der Waals surface area contributed by atoms with E-state index >= 15 is 0 Å². The molecule has 0 radical (unpaired) electrons. The number of nitrogens with zero attached hydrogens (tertiary/aromatic N) is 3. The Bertz CT molecular complexity index is 1790. The van der Waals surface area contributed by atoms with Crippen LogP contribution in [0.3, 0.4) is 0 Å². The summed E-state index contributed by atoms with van der Waals surface area (Å²) in [4.78, 5) is 35.4. The summed E-state index contributed by atoms with van der Waals surface area (Å²) in [6.45, 7) is 0.715. The van der Waals surface area contributed by atoms with E-state index in [1.54, 1.807) is 17.0 Å². The van der Waals surface area contributed by atoms with Crippen LogP contribution in [0.25, 0.3) is 10.8 Å². The van der Waals surface area contributed by atoms with Crippen LogP contribution in [-0.4, -0.2) is 55.1 Å². The quantitative estimate of drug-likeness (QED) is 0.250. The average Bonchev–Trinajstić information content (AvgIpc) is 3.34. The number of nitrogens with two attached hydrogens (primary N) is 1. The number of benzene rings is 4. The highest BCUT2D eigenvalue weighted by molar-refractivity contribution is 6.19. The van der Waals surface area contributed by atoms with E-state index in [0.29, 0.717) is 53.8 Å². The number of nitrogen functional groups attached to an aromatic ring is 1. The molecule has 0 saturated heterocycles. The number of ether oxygens (including phenoxy) is 2. The highest BCUT2D eigenvalue weighted by Crippen LogP contribution is 2.44. The standard InChI is InChI=1S/C33H29ClN4O4/c1-41-29-11-25-27(36-15-22-10-19-6-2-3-7-20(19)16-37(22)33(25)40)13-30(29)42-18-31(39)38-17-21(14-34)32-24-9-5-4-8-23(24)26(35)12-28(32)38/h2-9,11-13,15,21-22H,10,14,16-18,35H2,1H3/t21-,22+/m1/s1. The van der Waals surface area contributed by atoms with Crippen molar-refractivity contribution < 1.29 is 19.1 Å². The number of carbonyl (C=O) groups is 2. The molecular formula is C33H29ClN4O4. The summed E-state index contributed by atoms with van der Waals surface area (Å²) >= 11 is 6.36. The lowest BCUT2D eigenvalue weighted by atomic mass is 9.94. The number of hydrogen-bond donors (Lipinski definition) is 1. The molecule has 2 amide bonds. The van der Waals surface area contributed by atoms with Crippen LogP contribution in [0.2, 0.25) is 0 Å². The molecule has 0 fully saturated rings. The predicted molar refractivity (Wildman–Crippen MR) is 165 cm³/mol. The van der Waals surface area contributed by atoms with Crippen molar-refractivity contribution in [1.82, 2.24) is 4.90 Å². The van der Waals surface area contributed by atoms with E-state index in [4.69, 9.17) is 26.8 Å². The summed E-state index contributed by atoms with van der Waals surface area (Å²) in [5.74, 6) is 0.696. The summed E-state index contributed by atoms with van der Waals surface area (Å²) in [5, 5.41) is 1.95. The number of alkyl halides is 1. The lowest BCUT2D eigenvalue weighted by molar-refractivity contribution is -0.120. The van der Waals surface area contributed by atoms with Gasteiger partial charge in [-0.2, -0.15) is 0 Å². The van der Waals surface area contributed by atoms with Gasteiger partial charge >= 0.3 is 0 Å². The van der Waals surface area contributed by atoms with Gasteiger partial charge in [0.2, 0.25) is 0 Å². The summed E-state index contributed by atoms with van der Waals surface area (Å²) < 4.78 is 11.6. The second-order valence-electron chi connectivity index (χ2n) is 10.9. The molecule has 0 bridgehead atoms. The molecule has 4 aromatic carbocycles. The van der Waals surface area contributed by atoms with Crippen LogP contribution in [0.1, 0.15) is 33.0 Å². The minimum Gasteiger partial charge on any atom is -0.493 e. The highest BCUT2D eigenvalue weighted by atomic mass is 35.5. The molecule has 8 nitrogen and oxygen atoms in total. The van der Waals surface area contributed by atoms with Crippen molar-refractivity contribution >= 4 is 57.5 Å². The zero-order valence-corrected chi connectivity index (χ0v) is 23.8. The van der Waals surface area contributed by atoms with Crippen LogP contribution < -0.4 is 20.1 Å². The molecule has 0 unspecified atom stereocenters. The van der Waals surface area contributed by atoms with Crippen molar-refractivity contribution in [3.05, 3.63) is 89.0 Å². The molecule has 2 atom stereocenters. The zero-order valence-electron chi connectivity index (χ0n) is 23.0. The minimum atomic E-state index is -0.238. The third kappa shape index (κ3) is 4.25. The maximum absolute atomic E-state index is 13.7. The summed E-state index contributed by atoms with van der Waals surface area (Å²) in [6.07, 6.45) is 2.53. The van der Waals surface area contributed by atoms with Crippen molar-refractivity contribution in [1.29, 1.82) is 0 Å². The first-order valence-corrected chi connectivity index (χ1v) is 14.4. The average molecular weight is 581 g/mol. The van der Waals surface area contributed by atoms with Gasteiger partial charge in [-0.25, -0.2) is 0 Å². The van der Waals surface area contributed by atoms with Gasteiger partial charge in [0.25, 0.3) is 11.8 Å². The van der Waals surface area contributed by atoms with E-state index in [0.717, 1.165) is 27.6 Å². The van der Waals surface area contributed by atoms with Crippen LogP contribution >= 0.6 is 11.6 Å². The maximum atomic E-state index is 13.7. The Morgan fingerprint density at radius 2 is 1.81 bits per heavy atom. The Kier molecular flexibility index (Phi) is 6.50. The normalized spacial score (nSPS) is 18.7. The molecule has 4 aromatic rings. The first-order chi connectivity index (χ1) is 20.5. The fourth-order valence-electron chi connectivity index (χ4n) is 6.38. The molecule has 0 aromatic heterocycles. The number of halogens is 1. The Morgan fingerprint density at radius 1 is 1.05 bits per heavy atom. The van der Waals surface area contributed by atoms with Crippen molar-refractivity contribution in [2.75, 3.05) is 36.8 Å². The second-order valence-corrected chi connectivity index (χ2v) is 11.2. The number of fused-ring (bicyclic) bond motifs is 6. The Balaban J connectivity index is 1.15. The van der Waals surface area contributed by atoms with Gasteiger partial charge in [-0.05, 0) is 40.6 Å². The van der Waals surface area contributed by atoms with Gasteiger partial charge in [0.1, 0.15) is 0 Å². The molecule has 3 aliphatic heterocycles. The molecule has 0 spiro atoms. The molecule has 212 valence electrons. The lowest BCUT2D eigenvalue weighted by Gasteiger charge is -2.34. The topological polar surface area (TPSA) is 97.5 Å². The van der Waals surface area contributed by atoms with Crippen molar-refractivity contribution in [2.45, 2.75) is 24.9 Å². The number of hydrogen-bond acceptors (Lipinski definition) is 6. The Labute approximate surface area is 248 Å². The summed E-state index contributed by atoms with van der Waals surface area (Å²) in [6, 6.07) is 21.1. The van der Waals surface area contributed by atoms with Crippen molar-refractivity contribution in [2.24, 2.45) is 4.99 Å². The lowest BCUT2D eigenvalue weighted by Crippen LogP contribution is -2.44. The highest BCUT2D eigenvalue weighted by Gasteiger charge is 2.35. The van der Waals surface area contributed by atoms with Crippen LogP contribution in [0.4, 0.5) is 17.1 Å². The van der Waals surface area contributed by atoms with E-state index in [1.807, 2.05) is 53.6 Å². The van der Waals surface area contributed by atoms with E-state index in [9.17, 15) is 9.59 Å². The molecule has 3 heterocycles. The molecule has 2 N–H and O–H groups in total. The van der Waals surface area contributed by atoms with Crippen LogP contribution in [0.5, 0.6) is 11.5 Å². The van der Waals surface area contributed by atoms with Gasteiger partial charge in [0.15, 0.2) is 18.1 Å². The molecule has 42 heavy (non-hydrogen) atoms. The van der Waals surface area contributed by atoms with Crippen LogP contribution in [-0.2, 0) is 17.8 Å². The second kappa shape index (κ2) is 10.4. The van der Waals surface area contributed by atoms with Crippen LogP contribution in [0, 0.1) is 0 Å². The number of anilines is 2. The van der Waals surface area contributed by atoms with E-state index < -0.39 is 0 Å². The maximum Gasteiger partial charge on any atom is 0.264 e. The largest absolute Gasteiger partial charge is 0.493 e. The van der Waals surface area contributed by atoms with E-state index in [2.05, 4.69) is 17.1 Å². The third-order valence-electron chi connectivity index (χ3n) is 8.48.